The number of aromatic nitrogens is 2. The molecule has 0 fully saturated rings. The molecule has 2 aromatic heterocycles. The van der Waals surface area contributed by atoms with Crippen molar-refractivity contribution in [1.82, 2.24) is 10.2 Å². The number of aromatic amines is 1. The van der Waals surface area contributed by atoms with Crippen LogP contribution >= 0.6 is 0 Å². The first kappa shape index (κ1) is 11.5. The summed E-state index contributed by atoms with van der Waals surface area (Å²) in [7, 11) is 0. The molecule has 0 saturated carbocycles. The van der Waals surface area contributed by atoms with E-state index in [0.717, 1.165) is 23.0 Å². The van der Waals surface area contributed by atoms with Crippen molar-refractivity contribution in [3.8, 4) is 11.5 Å². The molecule has 0 unspecified atom stereocenters. The largest absolute Gasteiger partial charge is 0.478 e. The molecule has 0 aliphatic carbocycles. The van der Waals surface area contributed by atoms with E-state index in [4.69, 9.17) is 9.52 Å². The average Bonchev–Trinajstić information content (AvgIpc) is 3.02. The van der Waals surface area contributed by atoms with Crippen LogP contribution in [0.2, 0.25) is 0 Å². The Kier molecular flexibility index (Phi) is 2.59. The Morgan fingerprint density at radius 1 is 1.42 bits per heavy atom. The zero-order valence-electron chi connectivity index (χ0n) is 10.3. The number of hydrogen-bond acceptors (Lipinski definition) is 3. The molecule has 0 aliphatic heterocycles. The molecular weight excluding hydrogens is 244 g/mol. The van der Waals surface area contributed by atoms with E-state index < -0.39 is 5.97 Å². The van der Waals surface area contributed by atoms with Crippen molar-refractivity contribution in [3.63, 3.8) is 0 Å². The third kappa shape index (κ3) is 1.71. The molecule has 0 aliphatic rings. The highest BCUT2D eigenvalue weighted by Gasteiger charge is 2.21. The molecule has 2 heterocycles. The lowest BCUT2D eigenvalue weighted by atomic mass is 10.1. The summed E-state index contributed by atoms with van der Waals surface area (Å²) < 4.78 is 5.79. The molecule has 5 nitrogen and oxygen atoms in total. The molecule has 0 atom stereocenters. The third-order valence-corrected chi connectivity index (χ3v) is 3.15. The minimum atomic E-state index is -1.02. The van der Waals surface area contributed by atoms with E-state index in [-0.39, 0.29) is 5.56 Å². The number of rotatable bonds is 3. The molecule has 0 saturated heterocycles. The Morgan fingerprint density at radius 3 is 2.95 bits per heavy atom. The fraction of sp³-hybridized carbons (Fsp3) is 0.143. The predicted octanol–water partition coefficient (Wildman–Crippen LogP) is 3.08. The molecule has 0 bridgehead atoms. The van der Waals surface area contributed by atoms with Crippen LogP contribution in [0.4, 0.5) is 0 Å². The van der Waals surface area contributed by atoms with Crippen LogP contribution in [0.15, 0.2) is 34.9 Å². The van der Waals surface area contributed by atoms with Crippen molar-refractivity contribution in [2.75, 3.05) is 0 Å². The first-order chi connectivity index (χ1) is 9.22. The van der Waals surface area contributed by atoms with Gasteiger partial charge in [-0.15, -0.1) is 0 Å². The summed E-state index contributed by atoms with van der Waals surface area (Å²) in [6.07, 6.45) is 2.05. The van der Waals surface area contributed by atoms with Gasteiger partial charge in [-0.25, -0.2) is 4.79 Å². The number of para-hydroxylation sites is 1. The molecule has 3 rings (SSSR count). The summed E-state index contributed by atoms with van der Waals surface area (Å²) in [5, 5.41) is 16.7. The number of hydrogen-bond donors (Lipinski definition) is 2. The zero-order valence-corrected chi connectivity index (χ0v) is 10.3. The second-order valence-corrected chi connectivity index (χ2v) is 4.22. The van der Waals surface area contributed by atoms with Crippen molar-refractivity contribution < 1.29 is 14.3 Å². The van der Waals surface area contributed by atoms with Gasteiger partial charge in [0.2, 0.25) is 0 Å². The van der Waals surface area contributed by atoms with Gasteiger partial charge < -0.3 is 9.52 Å². The van der Waals surface area contributed by atoms with Crippen LogP contribution in [0.5, 0.6) is 0 Å². The smallest absolute Gasteiger partial charge is 0.339 e. The third-order valence-electron chi connectivity index (χ3n) is 3.15. The summed E-state index contributed by atoms with van der Waals surface area (Å²) in [6.45, 7) is 2.01. The van der Waals surface area contributed by atoms with E-state index in [1.807, 2.05) is 31.2 Å². The lowest BCUT2D eigenvalue weighted by Gasteiger charge is -1.99. The second-order valence-electron chi connectivity index (χ2n) is 4.22. The molecule has 2 N–H and O–H groups in total. The maximum atomic E-state index is 11.2. The molecule has 0 spiro atoms. The van der Waals surface area contributed by atoms with E-state index in [0.29, 0.717) is 11.5 Å². The Hall–Kier alpha value is -2.56. The molecule has 0 amide bonds. The van der Waals surface area contributed by atoms with E-state index in [1.54, 1.807) is 0 Å². The Balaban J connectivity index is 2.30. The SMILES string of the molecule is CCc1c(-c2[nH]ncc2C(=O)O)oc2ccccc12. The van der Waals surface area contributed by atoms with Crippen molar-refractivity contribution >= 4 is 16.9 Å². The average molecular weight is 256 g/mol. The van der Waals surface area contributed by atoms with Gasteiger partial charge in [0, 0.05) is 10.9 Å². The molecule has 1 aromatic carbocycles. The number of nitrogens with one attached hydrogen (secondary N) is 1. The highest BCUT2D eigenvalue weighted by Crippen LogP contribution is 2.34. The number of carboxylic acids is 1. The van der Waals surface area contributed by atoms with E-state index in [9.17, 15) is 4.79 Å². The number of benzene rings is 1. The first-order valence-electron chi connectivity index (χ1n) is 5.99. The lowest BCUT2D eigenvalue weighted by molar-refractivity contribution is 0.0697. The summed E-state index contributed by atoms with van der Waals surface area (Å²) in [6, 6.07) is 7.67. The molecular formula is C14H12N2O3. The fourth-order valence-electron chi connectivity index (χ4n) is 2.27. The zero-order chi connectivity index (χ0) is 13.4. The minimum Gasteiger partial charge on any atom is -0.478 e. The van der Waals surface area contributed by atoms with Crippen molar-refractivity contribution in [3.05, 3.63) is 41.6 Å². The number of fused-ring (bicyclic) bond motifs is 1. The molecule has 3 aromatic rings. The van der Waals surface area contributed by atoms with Gasteiger partial charge in [0.05, 0.1) is 6.20 Å². The Labute approximate surface area is 108 Å². The maximum absolute atomic E-state index is 11.2. The van der Waals surface area contributed by atoms with E-state index >= 15 is 0 Å². The summed E-state index contributed by atoms with van der Waals surface area (Å²) >= 11 is 0. The maximum Gasteiger partial charge on any atom is 0.339 e. The number of nitrogens with zero attached hydrogens (tertiary/aromatic N) is 1. The molecule has 19 heavy (non-hydrogen) atoms. The van der Waals surface area contributed by atoms with Gasteiger partial charge in [-0.2, -0.15) is 5.10 Å². The van der Waals surface area contributed by atoms with Crippen LogP contribution < -0.4 is 0 Å². The van der Waals surface area contributed by atoms with Gasteiger partial charge in [0.15, 0.2) is 5.76 Å². The summed E-state index contributed by atoms with van der Waals surface area (Å²) in [5.41, 5.74) is 2.27. The number of carbonyl (C=O) groups is 1. The number of aromatic carboxylic acids is 1. The van der Waals surface area contributed by atoms with Crippen LogP contribution in [0.3, 0.4) is 0 Å². The Bertz CT molecular complexity index is 755. The van der Waals surface area contributed by atoms with Gasteiger partial charge in [-0.1, -0.05) is 25.1 Å². The number of aryl methyl sites for hydroxylation is 1. The van der Waals surface area contributed by atoms with Crippen molar-refractivity contribution in [2.45, 2.75) is 13.3 Å². The molecule has 0 radical (unpaired) electrons. The summed E-state index contributed by atoms with van der Waals surface area (Å²) in [4.78, 5) is 11.2. The van der Waals surface area contributed by atoms with Gasteiger partial charge in [0.25, 0.3) is 0 Å². The minimum absolute atomic E-state index is 0.119. The van der Waals surface area contributed by atoms with Crippen LogP contribution in [-0.4, -0.2) is 21.3 Å². The fourth-order valence-corrected chi connectivity index (χ4v) is 2.27. The predicted molar refractivity (Wildman–Crippen MR) is 70.1 cm³/mol. The lowest BCUT2D eigenvalue weighted by Crippen LogP contribution is -1.97. The van der Waals surface area contributed by atoms with Crippen LogP contribution in [-0.2, 0) is 6.42 Å². The quantitative estimate of drug-likeness (QED) is 0.754. The van der Waals surface area contributed by atoms with Crippen LogP contribution in [0.25, 0.3) is 22.4 Å². The monoisotopic (exact) mass is 256 g/mol. The Morgan fingerprint density at radius 2 is 2.21 bits per heavy atom. The van der Waals surface area contributed by atoms with E-state index in [2.05, 4.69) is 10.2 Å². The molecule has 5 heteroatoms. The van der Waals surface area contributed by atoms with Crippen LogP contribution in [0, 0.1) is 0 Å². The number of furan rings is 1. The van der Waals surface area contributed by atoms with Crippen LogP contribution in [0.1, 0.15) is 22.8 Å². The second kappa shape index (κ2) is 4.28. The van der Waals surface area contributed by atoms with E-state index in [1.165, 1.54) is 6.20 Å². The van der Waals surface area contributed by atoms with Gasteiger partial charge in [-0.3, -0.25) is 5.10 Å². The normalized spacial score (nSPS) is 11.0. The highest BCUT2D eigenvalue weighted by atomic mass is 16.4. The number of H-pyrrole nitrogens is 1. The standard InChI is InChI=1S/C14H12N2O3/c1-2-8-9-5-3-4-6-11(9)19-13(8)12-10(14(17)18)7-15-16-12/h3-7H,2H2,1H3,(H,15,16)(H,17,18). The molecule has 96 valence electrons. The topological polar surface area (TPSA) is 79.1 Å². The van der Waals surface area contributed by atoms with Crippen molar-refractivity contribution in [1.29, 1.82) is 0 Å². The van der Waals surface area contributed by atoms with Crippen molar-refractivity contribution in [2.24, 2.45) is 0 Å². The highest BCUT2D eigenvalue weighted by molar-refractivity contribution is 5.96. The number of carboxylic acid groups (broad SMARTS) is 1. The first-order valence-corrected chi connectivity index (χ1v) is 5.99. The van der Waals surface area contributed by atoms with Gasteiger partial charge in [-0.05, 0) is 12.5 Å². The van der Waals surface area contributed by atoms with Gasteiger partial charge in [0.1, 0.15) is 16.8 Å². The van der Waals surface area contributed by atoms with Gasteiger partial charge >= 0.3 is 5.97 Å². The summed E-state index contributed by atoms with van der Waals surface area (Å²) in [5.74, 6) is -0.468.